The van der Waals surface area contributed by atoms with Gasteiger partial charge in [-0.05, 0) is 95.3 Å². The van der Waals surface area contributed by atoms with Gasteiger partial charge in [0.15, 0.2) is 48.8 Å². The number of aromatic nitrogens is 6. The molecule has 0 aromatic carbocycles. The van der Waals surface area contributed by atoms with Crippen molar-refractivity contribution >= 4 is 41.4 Å². The van der Waals surface area contributed by atoms with E-state index in [9.17, 15) is 94.8 Å². The zero-order valence-corrected chi connectivity index (χ0v) is 69.4. The minimum absolute atomic E-state index is 0.0126. The maximum Gasteiger partial charge on any atom is 0.332 e. The van der Waals surface area contributed by atoms with E-state index in [4.69, 9.17) is 52.1 Å². The number of carboxylic acids is 2. The average Bonchev–Trinajstić information content (AvgIpc) is 0.848. The minimum atomic E-state index is -1.71. The molecule has 120 heavy (non-hydrogen) atoms. The Bertz CT molecular complexity index is 3540. The second-order valence-electron chi connectivity index (χ2n) is 33.9. The molecule has 2 aromatic heterocycles. The Balaban J connectivity index is 0.652. The van der Waals surface area contributed by atoms with Crippen LogP contribution in [0, 0.1) is 41.4 Å². The lowest BCUT2D eigenvalue weighted by Crippen LogP contribution is -2.67. The van der Waals surface area contributed by atoms with Crippen LogP contribution in [0.5, 0.6) is 0 Å². The van der Waals surface area contributed by atoms with E-state index < -0.39 is 226 Å². The number of amides is 4. The lowest BCUT2D eigenvalue weighted by molar-refractivity contribution is -0.343. The largest absolute Gasteiger partial charge is 0.479 e. The van der Waals surface area contributed by atoms with Crippen LogP contribution in [0.3, 0.4) is 0 Å². The number of carbonyl (C=O) groups is 7. The third kappa shape index (κ3) is 25.6. The van der Waals surface area contributed by atoms with E-state index in [1.807, 2.05) is 13.8 Å². The first kappa shape index (κ1) is 96.1. The first-order valence-electron chi connectivity index (χ1n) is 43.2. The Kier molecular flexibility index (Phi) is 37.0. The number of aryl methyl sites for hydroxylation is 2. The molecule has 4 saturated heterocycles. The highest BCUT2D eigenvalue weighted by Gasteiger charge is 2.56. The molecule has 2 aromatic rings. The molecule has 0 spiro atoms. The van der Waals surface area contributed by atoms with Crippen molar-refractivity contribution in [1.29, 1.82) is 0 Å². The zero-order chi connectivity index (χ0) is 86.6. The van der Waals surface area contributed by atoms with Crippen LogP contribution in [0.25, 0.3) is 0 Å². The van der Waals surface area contributed by atoms with Crippen molar-refractivity contribution in [3.63, 3.8) is 0 Å². The molecule has 0 bridgehead atoms. The van der Waals surface area contributed by atoms with E-state index in [-0.39, 0.29) is 106 Å². The van der Waals surface area contributed by atoms with Crippen LogP contribution in [-0.2, 0) is 89.2 Å². The van der Waals surface area contributed by atoms with Crippen molar-refractivity contribution in [1.82, 2.24) is 51.3 Å². The topological polar surface area (TPSA) is 573 Å². The smallest absolute Gasteiger partial charge is 0.332 e. The molecule has 680 valence electrons. The van der Waals surface area contributed by atoms with Crippen LogP contribution in [-0.4, -0.2) is 332 Å². The fourth-order valence-electron chi connectivity index (χ4n) is 18.2. The van der Waals surface area contributed by atoms with Crippen molar-refractivity contribution in [2.45, 2.75) is 349 Å². The molecule has 4 aliphatic carbocycles. The van der Waals surface area contributed by atoms with E-state index in [1.54, 1.807) is 6.92 Å². The lowest BCUT2D eigenvalue weighted by atomic mass is 9.74. The summed E-state index contributed by atoms with van der Waals surface area (Å²) in [6.45, 7) is 9.69. The SMILES string of the molecule is CC[C@H]1C[C@@H](C(=O)NCCNC(=O)c2cn(CCCOCCCn3cc(C(=O)NCCCC(=O)[C@@H]4C[C@H](CC)[C@@H](O[C@@H]5O[C@@H](C)[C@@H](O)[C@@H](O)[C@@H]5O)[C@H](O[C@@H]5O[C@H](CO)[C@H](O)[C@H](O[C@@H](CC6CCCCC6)C(=O)O)[C@H]5NC(C)=O)C4)nn3)nn2)C[C@@H](O[C@@H]2O[C@H](CO)[C@H](O)[C@H](O[C@@H](CC3CCCCC3)C(=O)O)[C@H]2C)[C@@H]1O[C@@H]1O[C@@H](C)[C@@H](O)[C@@H](O)[C@@H]1O. The van der Waals surface area contributed by atoms with Gasteiger partial charge in [-0.3, -0.25) is 33.3 Å². The van der Waals surface area contributed by atoms with Crippen molar-refractivity contribution in [3.05, 3.63) is 23.8 Å². The molecule has 8 aliphatic rings. The fourth-order valence-corrected chi connectivity index (χ4v) is 18.2. The quantitative estimate of drug-likeness (QED) is 0.0365. The maximum atomic E-state index is 14.3. The maximum absolute atomic E-state index is 14.3. The standard InChI is InChI=1S/C80H130N10O30/c1-7-46-32-48(34-53(69(46)119-79-66(101)64(99)60(95)41(4)111-79)116-78-59(84-43(6)93)71(63(98)58(39-92)118-78)114-56(76(108)109)31-45-20-13-10-14-21-45)52(94)22-15-23-81-73(104)50-36-89(87-85-50)26-16-28-110-29-17-27-90-37-51(86-88-90)74(105)83-25-24-82-72(103)49-33-47(8-2)70(120-80-67(102)65(100)61(96)42(5)112-80)54(35-49)115-77-40(3)68(62(97)57(38-91)117-77)113-55(75(106)107)30-44-18-11-9-12-19-44/h36-37,40-42,44-49,53-71,77-80,91-92,95-102H,7-35,38-39H2,1-6H3,(H,81,104)(H,82,103)(H,83,105)(H,84,93)(H,106,107)(H,108,109)/t40-,41+,42+,46+,47+,48-,49-,53-,54-,55+,56+,57-,58-,59-,60-,61-,62+,63+,64-,65-,66+,67+,68-,69-,70-,71-,77-,78-,79+,80+/m1/s1. The van der Waals surface area contributed by atoms with Crippen LogP contribution in [0.2, 0.25) is 0 Å². The minimum Gasteiger partial charge on any atom is -0.479 e. The molecular weight excluding hydrogens is 1580 g/mol. The number of carboxylic acid groups (broad SMARTS) is 2. The molecular formula is C80H130N10O30. The first-order chi connectivity index (χ1) is 57.5. The normalized spacial score (nSPS) is 35.9. The highest BCUT2D eigenvalue weighted by molar-refractivity contribution is 5.92. The predicted octanol–water partition coefficient (Wildman–Crippen LogP) is -0.726. The van der Waals surface area contributed by atoms with Gasteiger partial charge in [-0.2, -0.15) is 0 Å². The average molecular weight is 1710 g/mol. The van der Waals surface area contributed by atoms with Gasteiger partial charge in [0.1, 0.15) is 79.0 Å². The molecule has 40 nitrogen and oxygen atoms in total. The van der Waals surface area contributed by atoms with E-state index in [0.717, 1.165) is 64.2 Å². The van der Waals surface area contributed by atoms with Crippen molar-refractivity contribution < 1.29 is 147 Å². The van der Waals surface area contributed by atoms with Crippen molar-refractivity contribution in [3.8, 4) is 0 Å². The number of ketones is 1. The third-order valence-electron chi connectivity index (χ3n) is 25.2. The van der Waals surface area contributed by atoms with Gasteiger partial charge in [-0.1, -0.05) is 108 Å². The molecule has 30 atom stereocenters. The molecule has 4 amide bonds. The zero-order valence-electron chi connectivity index (χ0n) is 69.4. The van der Waals surface area contributed by atoms with Gasteiger partial charge in [-0.25, -0.2) is 9.59 Å². The van der Waals surface area contributed by atoms with Gasteiger partial charge in [0, 0.05) is 77.0 Å². The number of hydrogen-bond donors (Lipinski definition) is 16. The number of carbonyl (C=O) groups excluding carboxylic acids is 5. The number of aliphatic carboxylic acids is 2. The van der Waals surface area contributed by atoms with E-state index in [0.29, 0.717) is 52.0 Å². The first-order valence-corrected chi connectivity index (χ1v) is 43.2. The molecule has 0 unspecified atom stereocenters. The van der Waals surface area contributed by atoms with Crippen LogP contribution in [0.1, 0.15) is 204 Å². The van der Waals surface area contributed by atoms with Crippen molar-refractivity contribution in [2.24, 2.45) is 41.4 Å². The van der Waals surface area contributed by atoms with Crippen LogP contribution < -0.4 is 21.3 Å². The Morgan fingerprint density at radius 3 is 1.44 bits per heavy atom. The molecule has 0 radical (unpaired) electrons. The van der Waals surface area contributed by atoms with Crippen LogP contribution in [0.15, 0.2) is 12.4 Å². The third-order valence-corrected chi connectivity index (χ3v) is 25.2. The van der Waals surface area contributed by atoms with Gasteiger partial charge in [0.25, 0.3) is 11.8 Å². The fraction of sp³-hybridized carbons (Fsp3) is 0.863. The number of rotatable bonds is 42. The monoisotopic (exact) mass is 1710 g/mol. The summed E-state index contributed by atoms with van der Waals surface area (Å²) in [5.41, 5.74) is 0.0768. The second-order valence-corrected chi connectivity index (χ2v) is 33.9. The highest BCUT2D eigenvalue weighted by atomic mass is 16.7. The summed E-state index contributed by atoms with van der Waals surface area (Å²) in [4.78, 5) is 93.4. The molecule has 6 heterocycles. The van der Waals surface area contributed by atoms with Crippen LogP contribution in [0.4, 0.5) is 0 Å². The Hall–Kier alpha value is -6.07. The number of nitrogens with one attached hydrogen (secondary N) is 4. The number of aliphatic hydroxyl groups is 10. The molecule has 8 fully saturated rings. The van der Waals surface area contributed by atoms with Gasteiger partial charge in [0.05, 0.1) is 68.3 Å². The Morgan fingerprint density at radius 2 is 0.958 bits per heavy atom. The summed E-state index contributed by atoms with van der Waals surface area (Å²) in [5.74, 6) is -7.68. The highest BCUT2D eigenvalue weighted by Crippen LogP contribution is 2.44. The summed E-state index contributed by atoms with van der Waals surface area (Å²) in [6, 6.07) is -1.37. The molecule has 4 saturated carbocycles. The van der Waals surface area contributed by atoms with E-state index >= 15 is 0 Å². The second kappa shape index (κ2) is 46.2. The Labute approximate surface area is 697 Å². The molecule has 16 N–H and O–H groups in total. The number of hydrogen-bond acceptors (Lipinski definition) is 32. The van der Waals surface area contributed by atoms with E-state index in [2.05, 4.69) is 41.9 Å². The summed E-state index contributed by atoms with van der Waals surface area (Å²) in [5, 5.41) is 157. The number of Topliss-reactive ketones (excluding diaryl/α,β-unsaturated/α-hetero) is 1. The van der Waals surface area contributed by atoms with Gasteiger partial charge in [-0.15, -0.1) is 10.2 Å². The predicted molar refractivity (Wildman–Crippen MR) is 414 cm³/mol. The van der Waals surface area contributed by atoms with Crippen LogP contribution >= 0.6 is 0 Å². The molecule has 10 rings (SSSR count). The summed E-state index contributed by atoms with van der Waals surface area (Å²) < 4.78 is 71.7. The molecule has 40 heteroatoms. The van der Waals surface area contributed by atoms with Crippen molar-refractivity contribution in [2.75, 3.05) is 46.1 Å². The number of ether oxygens (including phenoxy) is 11. The molecule has 4 aliphatic heterocycles. The summed E-state index contributed by atoms with van der Waals surface area (Å²) >= 11 is 0. The summed E-state index contributed by atoms with van der Waals surface area (Å²) in [6.07, 6.45) is -17.0. The van der Waals surface area contributed by atoms with Gasteiger partial charge in [0.2, 0.25) is 11.8 Å². The van der Waals surface area contributed by atoms with Gasteiger partial charge >= 0.3 is 11.9 Å². The van der Waals surface area contributed by atoms with E-state index in [1.165, 1.54) is 42.5 Å². The lowest BCUT2D eigenvalue weighted by Gasteiger charge is -2.49. The number of aliphatic hydroxyl groups excluding tert-OH is 10. The van der Waals surface area contributed by atoms with Gasteiger partial charge < -0.3 is 135 Å². The summed E-state index contributed by atoms with van der Waals surface area (Å²) in [7, 11) is 0. The Morgan fingerprint density at radius 1 is 0.508 bits per heavy atom. The number of nitrogens with zero attached hydrogens (tertiary/aromatic N) is 6.